The minimum absolute atomic E-state index is 0.0238. The second kappa shape index (κ2) is 4.86. The van der Waals surface area contributed by atoms with Gasteiger partial charge in [0.1, 0.15) is 11.5 Å². The maximum atomic E-state index is 12.1. The second-order valence-corrected chi connectivity index (χ2v) is 4.70. The number of phenols is 1. The van der Waals surface area contributed by atoms with Crippen LogP contribution in [0.2, 0.25) is 0 Å². The average Bonchev–Trinajstić information content (AvgIpc) is 2.80. The van der Waals surface area contributed by atoms with Crippen molar-refractivity contribution in [2.24, 2.45) is 5.73 Å². The van der Waals surface area contributed by atoms with E-state index < -0.39 is 5.54 Å². The number of nitrogens with one attached hydrogen (secondary N) is 1. The van der Waals surface area contributed by atoms with Gasteiger partial charge in [0.2, 0.25) is 5.91 Å². The monoisotopic (exact) mass is 250 g/mol. The molecule has 5 heteroatoms. The lowest BCUT2D eigenvalue weighted by atomic mass is 9.98. The smallest absolute Gasteiger partial charge is 0.244 e. The summed E-state index contributed by atoms with van der Waals surface area (Å²) in [6.45, 7) is 0. The van der Waals surface area contributed by atoms with Crippen molar-refractivity contribution in [2.75, 3.05) is 12.4 Å². The molecule has 18 heavy (non-hydrogen) atoms. The number of aromatic hydroxyl groups is 1. The van der Waals surface area contributed by atoms with E-state index >= 15 is 0 Å². The van der Waals surface area contributed by atoms with Gasteiger partial charge in [-0.25, -0.2) is 0 Å². The maximum absolute atomic E-state index is 12.1. The lowest BCUT2D eigenvalue weighted by molar-refractivity contribution is -0.121. The van der Waals surface area contributed by atoms with E-state index in [4.69, 9.17) is 10.5 Å². The van der Waals surface area contributed by atoms with Crippen molar-refractivity contribution in [3.8, 4) is 11.5 Å². The number of nitrogens with two attached hydrogens (primary N) is 1. The Morgan fingerprint density at radius 2 is 2.11 bits per heavy atom. The molecule has 0 radical (unpaired) electrons. The maximum Gasteiger partial charge on any atom is 0.244 e. The second-order valence-electron chi connectivity index (χ2n) is 4.70. The summed E-state index contributed by atoms with van der Waals surface area (Å²) in [6, 6.07) is 4.73. The number of benzene rings is 1. The summed E-state index contributed by atoms with van der Waals surface area (Å²) >= 11 is 0. The number of rotatable bonds is 3. The zero-order valence-corrected chi connectivity index (χ0v) is 10.4. The molecule has 0 saturated heterocycles. The molecule has 1 aromatic carbocycles. The molecule has 0 atom stereocenters. The van der Waals surface area contributed by atoms with Crippen LogP contribution in [0.3, 0.4) is 0 Å². The molecule has 1 aliphatic rings. The largest absolute Gasteiger partial charge is 0.506 e. The molecule has 1 aromatic rings. The van der Waals surface area contributed by atoms with Crippen molar-refractivity contribution in [1.82, 2.24) is 0 Å². The van der Waals surface area contributed by atoms with E-state index in [1.165, 1.54) is 13.2 Å². The molecule has 0 spiro atoms. The van der Waals surface area contributed by atoms with Gasteiger partial charge in [0.25, 0.3) is 0 Å². The summed E-state index contributed by atoms with van der Waals surface area (Å²) in [5, 5.41) is 12.4. The molecule has 4 N–H and O–H groups in total. The van der Waals surface area contributed by atoms with Crippen LogP contribution >= 0.6 is 0 Å². The topological polar surface area (TPSA) is 84.6 Å². The van der Waals surface area contributed by atoms with Crippen molar-refractivity contribution in [3.63, 3.8) is 0 Å². The minimum Gasteiger partial charge on any atom is -0.506 e. The summed E-state index contributed by atoms with van der Waals surface area (Å²) in [6.07, 6.45) is 3.32. The third-order valence-corrected chi connectivity index (χ3v) is 3.40. The number of methoxy groups -OCH3 is 1. The third kappa shape index (κ3) is 2.41. The number of anilines is 1. The Bertz CT molecular complexity index is 454. The highest BCUT2D eigenvalue weighted by atomic mass is 16.5. The molecule has 0 aromatic heterocycles. The fourth-order valence-electron chi connectivity index (χ4n) is 2.22. The molecule has 5 nitrogen and oxygen atoms in total. The Balaban J connectivity index is 2.12. The van der Waals surface area contributed by atoms with Gasteiger partial charge in [-0.1, -0.05) is 12.8 Å². The predicted octanol–water partition coefficient (Wildman–Crippen LogP) is 1.61. The van der Waals surface area contributed by atoms with Gasteiger partial charge in [0.05, 0.1) is 18.3 Å². The highest BCUT2D eigenvalue weighted by molar-refractivity contribution is 5.99. The van der Waals surface area contributed by atoms with Crippen LogP contribution in [0.15, 0.2) is 18.2 Å². The number of carbonyl (C=O) groups excluding carboxylic acids is 1. The van der Waals surface area contributed by atoms with Crippen molar-refractivity contribution >= 4 is 11.6 Å². The van der Waals surface area contributed by atoms with Gasteiger partial charge in [0.15, 0.2) is 0 Å². The van der Waals surface area contributed by atoms with Crippen molar-refractivity contribution in [3.05, 3.63) is 18.2 Å². The Morgan fingerprint density at radius 1 is 1.44 bits per heavy atom. The van der Waals surface area contributed by atoms with E-state index in [2.05, 4.69) is 5.32 Å². The van der Waals surface area contributed by atoms with Gasteiger partial charge in [0, 0.05) is 6.07 Å². The zero-order chi connectivity index (χ0) is 13.2. The van der Waals surface area contributed by atoms with E-state index in [9.17, 15) is 9.90 Å². The summed E-state index contributed by atoms with van der Waals surface area (Å²) < 4.78 is 4.98. The summed E-state index contributed by atoms with van der Waals surface area (Å²) in [5.74, 6) is 0.276. The summed E-state index contributed by atoms with van der Waals surface area (Å²) in [5.41, 5.74) is 5.60. The van der Waals surface area contributed by atoms with Gasteiger partial charge >= 0.3 is 0 Å². The van der Waals surface area contributed by atoms with Gasteiger partial charge in [-0.05, 0) is 25.0 Å². The van der Waals surface area contributed by atoms with Crippen LogP contribution in [0, 0.1) is 0 Å². The lowest BCUT2D eigenvalue weighted by Gasteiger charge is -2.22. The molecule has 1 aliphatic carbocycles. The minimum atomic E-state index is -0.799. The molecule has 0 unspecified atom stereocenters. The molecule has 0 aliphatic heterocycles. The van der Waals surface area contributed by atoms with Crippen molar-refractivity contribution < 1.29 is 14.6 Å². The van der Waals surface area contributed by atoms with E-state index in [1.54, 1.807) is 12.1 Å². The van der Waals surface area contributed by atoms with Crippen molar-refractivity contribution in [1.29, 1.82) is 0 Å². The van der Waals surface area contributed by atoms with Crippen LogP contribution in [-0.4, -0.2) is 23.7 Å². The first kappa shape index (κ1) is 12.7. The van der Waals surface area contributed by atoms with Gasteiger partial charge in [-0.15, -0.1) is 0 Å². The predicted molar refractivity (Wildman–Crippen MR) is 68.7 cm³/mol. The lowest BCUT2D eigenvalue weighted by Crippen LogP contribution is -2.48. The van der Waals surface area contributed by atoms with E-state index in [1.807, 2.05) is 0 Å². The number of ether oxygens (including phenoxy) is 1. The SMILES string of the molecule is COc1ccc(NC(=O)C2(N)CCCC2)c(O)c1. The van der Waals surface area contributed by atoms with E-state index in [-0.39, 0.29) is 11.7 Å². The fourth-order valence-corrected chi connectivity index (χ4v) is 2.22. The quantitative estimate of drug-likeness (QED) is 0.711. The highest BCUT2D eigenvalue weighted by Gasteiger charge is 2.37. The number of hydrogen-bond acceptors (Lipinski definition) is 4. The molecule has 98 valence electrons. The number of phenolic OH excluding ortho intramolecular Hbond substituents is 1. The Hall–Kier alpha value is -1.75. The molecular formula is C13H18N2O3. The fraction of sp³-hybridized carbons (Fsp3) is 0.462. The number of hydrogen-bond donors (Lipinski definition) is 3. The molecule has 1 fully saturated rings. The molecule has 1 amide bonds. The number of amides is 1. The van der Waals surface area contributed by atoms with Gasteiger partial charge in [-0.3, -0.25) is 4.79 Å². The number of carbonyl (C=O) groups is 1. The molecule has 1 saturated carbocycles. The third-order valence-electron chi connectivity index (χ3n) is 3.40. The van der Waals surface area contributed by atoms with Crippen LogP contribution in [0.25, 0.3) is 0 Å². The highest BCUT2D eigenvalue weighted by Crippen LogP contribution is 2.31. The van der Waals surface area contributed by atoms with Crippen LogP contribution in [0.5, 0.6) is 11.5 Å². The van der Waals surface area contributed by atoms with Crippen LogP contribution in [0.4, 0.5) is 5.69 Å². The average molecular weight is 250 g/mol. The normalized spacial score (nSPS) is 17.4. The molecule has 2 rings (SSSR count). The van der Waals surface area contributed by atoms with Crippen LogP contribution in [-0.2, 0) is 4.79 Å². The van der Waals surface area contributed by atoms with Crippen LogP contribution in [0.1, 0.15) is 25.7 Å². The van der Waals surface area contributed by atoms with Gasteiger partial charge < -0.3 is 20.9 Å². The van der Waals surface area contributed by atoms with Crippen molar-refractivity contribution in [2.45, 2.75) is 31.2 Å². The van der Waals surface area contributed by atoms with E-state index in [0.29, 0.717) is 24.3 Å². The summed E-state index contributed by atoms with van der Waals surface area (Å²) in [4.78, 5) is 12.1. The zero-order valence-electron chi connectivity index (χ0n) is 10.4. The molecular weight excluding hydrogens is 232 g/mol. The molecule has 0 heterocycles. The Kier molecular flexibility index (Phi) is 3.43. The first-order valence-corrected chi connectivity index (χ1v) is 6.02. The van der Waals surface area contributed by atoms with Gasteiger partial charge in [-0.2, -0.15) is 0 Å². The molecule has 0 bridgehead atoms. The van der Waals surface area contributed by atoms with E-state index in [0.717, 1.165) is 12.8 Å². The Morgan fingerprint density at radius 3 is 2.67 bits per heavy atom. The first-order valence-electron chi connectivity index (χ1n) is 6.02. The standard InChI is InChI=1S/C13H18N2O3/c1-18-9-4-5-10(11(16)8-9)15-12(17)13(14)6-2-3-7-13/h4-5,8,16H,2-3,6-7,14H2,1H3,(H,15,17). The first-order chi connectivity index (χ1) is 8.55. The summed E-state index contributed by atoms with van der Waals surface area (Å²) in [7, 11) is 1.51. The van der Waals surface area contributed by atoms with Crippen LogP contribution < -0.4 is 15.8 Å². The Labute approximate surface area is 106 Å².